The lowest BCUT2D eigenvalue weighted by molar-refractivity contribution is -0.137. The van der Waals surface area contributed by atoms with Crippen molar-refractivity contribution in [1.82, 2.24) is 0 Å². The maximum atomic E-state index is 11.6. The van der Waals surface area contributed by atoms with Crippen molar-refractivity contribution in [3.8, 4) is 5.75 Å². The lowest BCUT2D eigenvalue weighted by Gasteiger charge is -2.14. The molecule has 0 atom stereocenters. The molecule has 18 heavy (non-hydrogen) atoms. The summed E-state index contributed by atoms with van der Waals surface area (Å²) in [5.74, 6) is -0.102. The van der Waals surface area contributed by atoms with Crippen molar-refractivity contribution < 1.29 is 19.1 Å². The Morgan fingerprint density at radius 2 is 1.89 bits per heavy atom. The molecule has 94 valence electrons. The summed E-state index contributed by atoms with van der Waals surface area (Å²) >= 11 is 0. The first-order chi connectivity index (χ1) is 8.65. The molecule has 0 radical (unpaired) electrons. The van der Waals surface area contributed by atoms with Gasteiger partial charge in [-0.3, -0.25) is 4.79 Å². The predicted molar refractivity (Wildman–Crippen MR) is 65.4 cm³/mol. The molecule has 0 N–H and O–H groups in total. The number of Topliss-reactive ketones (excluding diaryl/α,β-unsaturated/α-hetero) is 1. The number of nitrogens with zero attached hydrogens (tertiary/aromatic N) is 1. The zero-order valence-corrected chi connectivity index (χ0v) is 10.2. The van der Waals surface area contributed by atoms with Crippen molar-refractivity contribution in [2.45, 2.75) is 0 Å². The third-order valence-corrected chi connectivity index (χ3v) is 2.71. The van der Waals surface area contributed by atoms with Crippen LogP contribution >= 0.6 is 0 Å². The molecular weight excluding hydrogens is 234 g/mol. The molecule has 1 heterocycles. The number of benzene rings is 1. The minimum Gasteiger partial charge on any atom is -0.497 e. The number of hydrogen-bond acceptors (Lipinski definition) is 5. The van der Waals surface area contributed by atoms with Crippen molar-refractivity contribution in [3.05, 3.63) is 36.0 Å². The molecule has 0 saturated heterocycles. The van der Waals surface area contributed by atoms with E-state index in [1.165, 1.54) is 13.3 Å². The summed E-state index contributed by atoms with van der Waals surface area (Å²) in [5, 5.41) is 0. The van der Waals surface area contributed by atoms with Gasteiger partial charge in [0.1, 0.15) is 11.3 Å². The van der Waals surface area contributed by atoms with Crippen LogP contribution in [0.3, 0.4) is 0 Å². The minimum absolute atomic E-state index is 0.0771. The first-order valence-corrected chi connectivity index (χ1v) is 5.39. The van der Waals surface area contributed by atoms with E-state index in [0.717, 1.165) is 11.4 Å². The van der Waals surface area contributed by atoms with Gasteiger partial charge in [-0.1, -0.05) is 0 Å². The summed E-state index contributed by atoms with van der Waals surface area (Å²) < 4.78 is 9.61. The molecule has 1 aromatic carbocycles. The zero-order chi connectivity index (χ0) is 13.1. The molecule has 1 aliphatic heterocycles. The van der Waals surface area contributed by atoms with Crippen LogP contribution in [0, 0.1) is 0 Å². The summed E-state index contributed by atoms with van der Waals surface area (Å²) in [6, 6.07) is 7.24. The highest BCUT2D eigenvalue weighted by atomic mass is 16.5. The zero-order valence-electron chi connectivity index (χ0n) is 10.2. The number of carbonyl (C=O) groups excluding carboxylic acids is 2. The smallest absolute Gasteiger partial charge is 0.343 e. The second-order valence-electron chi connectivity index (χ2n) is 3.78. The topological polar surface area (TPSA) is 55.8 Å². The van der Waals surface area contributed by atoms with E-state index >= 15 is 0 Å². The Labute approximate surface area is 105 Å². The van der Waals surface area contributed by atoms with E-state index in [1.807, 2.05) is 12.1 Å². The fourth-order valence-corrected chi connectivity index (χ4v) is 1.73. The van der Waals surface area contributed by atoms with Gasteiger partial charge in [-0.15, -0.1) is 0 Å². The van der Waals surface area contributed by atoms with Crippen LogP contribution in [0.25, 0.3) is 0 Å². The van der Waals surface area contributed by atoms with Crippen LogP contribution in [0.1, 0.15) is 0 Å². The van der Waals surface area contributed by atoms with Gasteiger partial charge in [0.05, 0.1) is 20.8 Å². The number of ether oxygens (including phenoxy) is 2. The lowest BCUT2D eigenvalue weighted by Crippen LogP contribution is -2.18. The highest BCUT2D eigenvalue weighted by Crippen LogP contribution is 2.23. The van der Waals surface area contributed by atoms with E-state index in [-0.39, 0.29) is 17.9 Å². The Balaban J connectivity index is 2.22. The highest BCUT2D eigenvalue weighted by Gasteiger charge is 2.28. The van der Waals surface area contributed by atoms with Gasteiger partial charge in [-0.25, -0.2) is 4.79 Å². The number of anilines is 1. The molecular formula is C13H13NO4. The second-order valence-corrected chi connectivity index (χ2v) is 3.78. The van der Waals surface area contributed by atoms with Crippen LogP contribution in [0.2, 0.25) is 0 Å². The van der Waals surface area contributed by atoms with Crippen LogP contribution < -0.4 is 9.64 Å². The first-order valence-electron chi connectivity index (χ1n) is 5.39. The van der Waals surface area contributed by atoms with E-state index in [0.29, 0.717) is 0 Å². The molecule has 0 amide bonds. The minimum atomic E-state index is -0.601. The molecule has 0 saturated carbocycles. The van der Waals surface area contributed by atoms with E-state index in [4.69, 9.17) is 4.74 Å². The van der Waals surface area contributed by atoms with Crippen molar-refractivity contribution in [3.63, 3.8) is 0 Å². The van der Waals surface area contributed by atoms with Gasteiger partial charge in [-0.2, -0.15) is 0 Å². The summed E-state index contributed by atoms with van der Waals surface area (Å²) in [5.41, 5.74) is 0.899. The third kappa shape index (κ3) is 2.20. The van der Waals surface area contributed by atoms with Crippen LogP contribution in [0.5, 0.6) is 5.75 Å². The van der Waals surface area contributed by atoms with E-state index in [2.05, 4.69) is 4.74 Å². The van der Waals surface area contributed by atoms with Gasteiger partial charge >= 0.3 is 5.97 Å². The molecule has 1 aliphatic rings. The van der Waals surface area contributed by atoms with Crippen molar-refractivity contribution in [2.24, 2.45) is 0 Å². The van der Waals surface area contributed by atoms with Gasteiger partial charge in [0.2, 0.25) is 0 Å². The van der Waals surface area contributed by atoms with E-state index in [1.54, 1.807) is 24.1 Å². The van der Waals surface area contributed by atoms with Gasteiger partial charge in [0.25, 0.3) is 0 Å². The Morgan fingerprint density at radius 1 is 1.22 bits per heavy atom. The Bertz CT molecular complexity index is 504. The SMILES string of the molecule is COC(=O)C1=CN(c2ccc(OC)cc2)CC1=O. The molecule has 0 unspecified atom stereocenters. The molecule has 0 aromatic heterocycles. The normalized spacial score (nSPS) is 14.4. The average Bonchev–Trinajstić information content (AvgIpc) is 2.80. The first kappa shape index (κ1) is 12.2. The number of ketones is 1. The molecule has 0 fully saturated rings. The largest absolute Gasteiger partial charge is 0.497 e. The summed E-state index contributed by atoms with van der Waals surface area (Å²) in [4.78, 5) is 24.7. The number of carbonyl (C=O) groups is 2. The fraction of sp³-hybridized carbons (Fsp3) is 0.231. The van der Waals surface area contributed by atoms with Crippen molar-refractivity contribution in [1.29, 1.82) is 0 Å². The molecule has 5 heteroatoms. The number of methoxy groups -OCH3 is 2. The number of esters is 1. The van der Waals surface area contributed by atoms with Gasteiger partial charge in [0.15, 0.2) is 5.78 Å². The van der Waals surface area contributed by atoms with Crippen LogP contribution in [-0.4, -0.2) is 32.5 Å². The van der Waals surface area contributed by atoms with Crippen molar-refractivity contribution >= 4 is 17.4 Å². The Morgan fingerprint density at radius 3 is 2.44 bits per heavy atom. The molecule has 0 bridgehead atoms. The van der Waals surface area contributed by atoms with Gasteiger partial charge in [0, 0.05) is 11.9 Å². The van der Waals surface area contributed by atoms with E-state index < -0.39 is 5.97 Å². The molecule has 1 aromatic rings. The predicted octanol–water partition coefficient (Wildman–Crippen LogP) is 1.14. The third-order valence-electron chi connectivity index (χ3n) is 2.71. The quantitative estimate of drug-likeness (QED) is 0.592. The second kappa shape index (κ2) is 4.91. The molecule has 2 rings (SSSR count). The van der Waals surface area contributed by atoms with Crippen LogP contribution in [0.4, 0.5) is 5.69 Å². The summed E-state index contributed by atoms with van der Waals surface area (Å²) in [6.07, 6.45) is 1.51. The molecule has 5 nitrogen and oxygen atoms in total. The summed E-state index contributed by atoms with van der Waals surface area (Å²) in [7, 11) is 2.84. The van der Waals surface area contributed by atoms with Crippen molar-refractivity contribution in [2.75, 3.05) is 25.7 Å². The number of rotatable bonds is 3. The Kier molecular flexibility index (Phi) is 3.32. The fourth-order valence-electron chi connectivity index (χ4n) is 1.73. The monoisotopic (exact) mass is 247 g/mol. The molecule has 0 spiro atoms. The standard InChI is InChI=1S/C13H13NO4/c1-17-10-5-3-9(4-6-10)14-7-11(12(15)8-14)13(16)18-2/h3-7H,8H2,1-2H3. The highest BCUT2D eigenvalue weighted by molar-refractivity contribution is 6.21. The van der Waals surface area contributed by atoms with Crippen LogP contribution in [0.15, 0.2) is 36.0 Å². The maximum absolute atomic E-state index is 11.6. The number of hydrogen-bond donors (Lipinski definition) is 0. The molecule has 0 aliphatic carbocycles. The maximum Gasteiger partial charge on any atom is 0.343 e. The summed E-state index contributed by atoms with van der Waals surface area (Å²) in [6.45, 7) is 0.150. The van der Waals surface area contributed by atoms with Crippen LogP contribution in [-0.2, 0) is 14.3 Å². The lowest BCUT2D eigenvalue weighted by atomic mass is 10.2. The average molecular weight is 247 g/mol. The van der Waals surface area contributed by atoms with Gasteiger partial charge < -0.3 is 14.4 Å². The Hall–Kier alpha value is -2.30. The van der Waals surface area contributed by atoms with Gasteiger partial charge in [-0.05, 0) is 24.3 Å². The van der Waals surface area contributed by atoms with E-state index in [9.17, 15) is 9.59 Å².